The van der Waals surface area contributed by atoms with E-state index in [-0.39, 0.29) is 10.4 Å². The second-order valence-corrected chi connectivity index (χ2v) is 10.2. The standard InChI is InChI=1S/C22H24N6O3S/c1-32(29,30)18-5-3-2-4-17(18)26-20-10-21(25-14-24-20)27-19-7-6-15(11-23-19)22(8-9-22)28-16-12-31-13-16/h2-7,10-11,14,16,28H,8-9,12-13H2,1H3,(H2,23,24,25,26,27). The van der Waals surface area contributed by atoms with Gasteiger partial charge >= 0.3 is 0 Å². The van der Waals surface area contributed by atoms with E-state index in [0.717, 1.165) is 26.1 Å². The molecule has 2 fully saturated rings. The van der Waals surface area contributed by atoms with Gasteiger partial charge in [0.25, 0.3) is 0 Å². The van der Waals surface area contributed by atoms with Crippen molar-refractivity contribution >= 4 is 33.0 Å². The molecule has 32 heavy (non-hydrogen) atoms. The molecular weight excluding hydrogens is 428 g/mol. The van der Waals surface area contributed by atoms with Crippen molar-refractivity contribution in [2.75, 3.05) is 30.1 Å². The topological polar surface area (TPSA) is 118 Å². The van der Waals surface area contributed by atoms with Crippen molar-refractivity contribution in [3.05, 3.63) is 60.6 Å². The summed E-state index contributed by atoms with van der Waals surface area (Å²) in [5, 5.41) is 9.92. The van der Waals surface area contributed by atoms with Gasteiger partial charge in [-0.15, -0.1) is 0 Å². The van der Waals surface area contributed by atoms with Gasteiger partial charge in [0.15, 0.2) is 9.84 Å². The van der Waals surface area contributed by atoms with Gasteiger partial charge in [-0.2, -0.15) is 0 Å². The van der Waals surface area contributed by atoms with Crippen LogP contribution in [0.25, 0.3) is 0 Å². The number of anilines is 4. The lowest BCUT2D eigenvalue weighted by atomic mass is 10.1. The number of rotatable bonds is 8. The van der Waals surface area contributed by atoms with Crippen LogP contribution in [0.5, 0.6) is 0 Å². The van der Waals surface area contributed by atoms with Crippen LogP contribution in [0.4, 0.5) is 23.1 Å². The second kappa shape index (κ2) is 8.12. The lowest BCUT2D eigenvalue weighted by Crippen LogP contribution is -2.50. The minimum atomic E-state index is -3.37. The van der Waals surface area contributed by atoms with E-state index >= 15 is 0 Å². The fraction of sp³-hybridized carbons (Fsp3) is 0.318. The van der Waals surface area contributed by atoms with Gasteiger partial charge in [-0.05, 0) is 36.6 Å². The first-order valence-corrected chi connectivity index (χ1v) is 12.3. The molecule has 166 valence electrons. The lowest BCUT2D eigenvalue weighted by molar-refractivity contribution is -0.0121. The van der Waals surface area contributed by atoms with Crippen molar-refractivity contribution in [1.29, 1.82) is 0 Å². The highest BCUT2D eigenvalue weighted by Crippen LogP contribution is 2.46. The van der Waals surface area contributed by atoms with Crippen LogP contribution in [0.3, 0.4) is 0 Å². The third-order valence-corrected chi connectivity index (χ3v) is 6.81. The molecule has 9 nitrogen and oxygen atoms in total. The third-order valence-electron chi connectivity index (χ3n) is 5.66. The van der Waals surface area contributed by atoms with E-state index in [2.05, 4.69) is 37.0 Å². The monoisotopic (exact) mass is 452 g/mol. The van der Waals surface area contributed by atoms with Gasteiger partial charge in [0.2, 0.25) is 0 Å². The van der Waals surface area contributed by atoms with Gasteiger partial charge in [0.1, 0.15) is 23.8 Å². The first kappa shape index (κ1) is 20.8. The molecule has 3 N–H and O–H groups in total. The Hall–Kier alpha value is -3.08. The van der Waals surface area contributed by atoms with E-state index in [1.807, 2.05) is 12.3 Å². The first-order chi connectivity index (χ1) is 15.4. The molecule has 1 saturated heterocycles. The predicted octanol–water partition coefficient (Wildman–Crippen LogP) is 2.74. The fourth-order valence-electron chi connectivity index (χ4n) is 3.76. The largest absolute Gasteiger partial charge is 0.378 e. The quantitative estimate of drug-likeness (QED) is 0.474. The van der Waals surface area contributed by atoms with Gasteiger partial charge in [0, 0.05) is 24.1 Å². The Morgan fingerprint density at radius 3 is 2.34 bits per heavy atom. The van der Waals surface area contributed by atoms with Crippen LogP contribution in [0.15, 0.2) is 59.9 Å². The normalized spacial score (nSPS) is 17.4. The zero-order valence-corrected chi connectivity index (χ0v) is 18.4. The number of benzene rings is 1. The molecule has 0 spiro atoms. The molecular formula is C22H24N6O3S. The molecule has 0 atom stereocenters. The maximum absolute atomic E-state index is 12.0. The molecule has 1 aliphatic heterocycles. The summed E-state index contributed by atoms with van der Waals surface area (Å²) in [5.74, 6) is 1.68. The maximum atomic E-state index is 12.0. The average Bonchev–Trinajstić information content (AvgIpc) is 3.52. The highest BCUT2D eigenvalue weighted by molar-refractivity contribution is 7.90. The molecule has 2 aromatic heterocycles. The van der Waals surface area contributed by atoms with Crippen molar-refractivity contribution in [3.8, 4) is 0 Å². The summed E-state index contributed by atoms with van der Waals surface area (Å²) in [6.45, 7) is 1.54. The van der Waals surface area contributed by atoms with E-state index in [1.54, 1.807) is 30.3 Å². The highest BCUT2D eigenvalue weighted by atomic mass is 32.2. The van der Waals surface area contributed by atoms with Crippen LogP contribution >= 0.6 is 0 Å². The van der Waals surface area contributed by atoms with Crippen molar-refractivity contribution < 1.29 is 13.2 Å². The van der Waals surface area contributed by atoms with Crippen molar-refractivity contribution in [2.24, 2.45) is 0 Å². The molecule has 10 heteroatoms. The Labute approximate surface area is 186 Å². The summed E-state index contributed by atoms with van der Waals surface area (Å²) in [4.78, 5) is 13.2. The summed E-state index contributed by atoms with van der Waals surface area (Å²) in [6.07, 6.45) is 6.69. The number of pyridine rings is 1. The molecule has 2 aliphatic rings. The van der Waals surface area contributed by atoms with Gasteiger partial charge < -0.3 is 20.7 Å². The van der Waals surface area contributed by atoms with Crippen LogP contribution in [0, 0.1) is 0 Å². The highest BCUT2D eigenvalue weighted by Gasteiger charge is 2.46. The number of nitrogens with zero attached hydrogens (tertiary/aromatic N) is 3. The molecule has 5 rings (SSSR count). The summed E-state index contributed by atoms with van der Waals surface area (Å²) < 4.78 is 29.3. The Bertz CT molecular complexity index is 1220. The number of para-hydroxylation sites is 1. The Morgan fingerprint density at radius 2 is 1.72 bits per heavy atom. The van der Waals surface area contributed by atoms with Crippen molar-refractivity contribution in [3.63, 3.8) is 0 Å². The second-order valence-electron chi connectivity index (χ2n) is 8.20. The van der Waals surface area contributed by atoms with Gasteiger partial charge in [-0.25, -0.2) is 23.4 Å². The number of ether oxygens (including phenoxy) is 1. The Morgan fingerprint density at radius 1 is 0.969 bits per heavy atom. The number of hydrogen-bond acceptors (Lipinski definition) is 9. The van der Waals surface area contributed by atoms with E-state index in [9.17, 15) is 8.42 Å². The molecule has 0 bridgehead atoms. The van der Waals surface area contributed by atoms with Crippen LogP contribution in [-0.2, 0) is 20.1 Å². The maximum Gasteiger partial charge on any atom is 0.177 e. The van der Waals surface area contributed by atoms with Crippen LogP contribution in [-0.4, -0.2) is 48.9 Å². The summed E-state index contributed by atoms with van der Waals surface area (Å²) >= 11 is 0. The molecule has 1 saturated carbocycles. The van der Waals surface area contributed by atoms with Crippen LogP contribution < -0.4 is 16.0 Å². The minimum Gasteiger partial charge on any atom is -0.378 e. The van der Waals surface area contributed by atoms with Gasteiger partial charge in [0.05, 0.1) is 29.8 Å². The Kier molecular flexibility index (Phi) is 5.28. The molecule has 1 aliphatic carbocycles. The SMILES string of the molecule is CS(=O)(=O)c1ccccc1Nc1cc(Nc2ccc(C3(NC4COC4)CC3)cn2)ncn1. The number of aromatic nitrogens is 3. The first-order valence-electron chi connectivity index (χ1n) is 10.4. The average molecular weight is 453 g/mol. The number of hydrogen-bond donors (Lipinski definition) is 3. The molecule has 0 radical (unpaired) electrons. The van der Waals surface area contributed by atoms with Crippen molar-refractivity contribution in [2.45, 2.75) is 29.3 Å². The zero-order chi connectivity index (χ0) is 22.2. The molecule has 0 amide bonds. The lowest BCUT2D eigenvalue weighted by Gasteiger charge is -2.32. The van der Waals surface area contributed by atoms with Gasteiger partial charge in [-0.3, -0.25) is 0 Å². The van der Waals surface area contributed by atoms with Gasteiger partial charge in [-0.1, -0.05) is 18.2 Å². The zero-order valence-electron chi connectivity index (χ0n) is 17.6. The van der Waals surface area contributed by atoms with E-state index in [1.165, 1.54) is 18.1 Å². The smallest absolute Gasteiger partial charge is 0.177 e. The van der Waals surface area contributed by atoms with E-state index < -0.39 is 9.84 Å². The van der Waals surface area contributed by atoms with E-state index in [0.29, 0.717) is 29.2 Å². The summed E-state index contributed by atoms with van der Waals surface area (Å²) in [6, 6.07) is 12.9. The number of nitrogens with one attached hydrogen (secondary N) is 3. The molecule has 0 unspecified atom stereocenters. The van der Waals surface area contributed by atoms with Crippen LogP contribution in [0.2, 0.25) is 0 Å². The van der Waals surface area contributed by atoms with Crippen molar-refractivity contribution in [1.82, 2.24) is 20.3 Å². The summed E-state index contributed by atoms with van der Waals surface area (Å²) in [5.41, 5.74) is 1.66. The predicted molar refractivity (Wildman–Crippen MR) is 121 cm³/mol. The molecule has 3 aromatic rings. The summed E-state index contributed by atoms with van der Waals surface area (Å²) in [7, 11) is -3.37. The van der Waals surface area contributed by atoms with E-state index in [4.69, 9.17) is 4.74 Å². The molecule has 3 heterocycles. The fourth-order valence-corrected chi connectivity index (χ4v) is 4.60. The Balaban J connectivity index is 1.29. The van der Waals surface area contributed by atoms with Crippen LogP contribution in [0.1, 0.15) is 18.4 Å². The third kappa shape index (κ3) is 4.43. The minimum absolute atomic E-state index is 0.0268. The number of sulfone groups is 1. The molecule has 1 aromatic carbocycles.